The Morgan fingerprint density at radius 3 is 2.76 bits per heavy atom. The molecule has 0 bridgehead atoms. The van der Waals surface area contributed by atoms with Crippen molar-refractivity contribution >= 4 is 26.9 Å². The van der Waals surface area contributed by atoms with Gasteiger partial charge in [-0.05, 0) is 49.6 Å². The van der Waals surface area contributed by atoms with Gasteiger partial charge in [-0.15, -0.1) is 0 Å². The van der Waals surface area contributed by atoms with E-state index in [1.54, 1.807) is 0 Å². The van der Waals surface area contributed by atoms with E-state index >= 15 is 0 Å². The van der Waals surface area contributed by atoms with Crippen LogP contribution in [0, 0.1) is 6.92 Å². The van der Waals surface area contributed by atoms with E-state index in [4.69, 9.17) is 13.9 Å². The van der Waals surface area contributed by atoms with Crippen LogP contribution in [0.1, 0.15) is 24.2 Å². The van der Waals surface area contributed by atoms with Gasteiger partial charge < -0.3 is 13.9 Å². The number of rotatable bonds is 3. The summed E-state index contributed by atoms with van der Waals surface area (Å²) in [5.74, 6) is 1.41. The molecule has 0 amide bonds. The molecule has 6 heteroatoms. The van der Waals surface area contributed by atoms with Gasteiger partial charge >= 0.3 is 0 Å². The Labute approximate surface area is 177 Å². The first-order valence-corrected chi connectivity index (χ1v) is 10.7. The summed E-state index contributed by atoms with van der Waals surface area (Å²) in [6, 6.07) is 11.4. The highest BCUT2D eigenvalue weighted by Gasteiger charge is 2.26. The molecule has 1 fully saturated rings. The van der Waals surface area contributed by atoms with Gasteiger partial charge in [0.05, 0.1) is 22.6 Å². The molecule has 29 heavy (non-hydrogen) atoms. The van der Waals surface area contributed by atoms with Crippen molar-refractivity contribution in [2.75, 3.05) is 19.9 Å². The van der Waals surface area contributed by atoms with Crippen molar-refractivity contribution in [3.63, 3.8) is 0 Å². The van der Waals surface area contributed by atoms with Gasteiger partial charge in [-0.25, -0.2) is 0 Å². The Balaban J connectivity index is 1.56. The summed E-state index contributed by atoms with van der Waals surface area (Å²) >= 11 is 3.44. The number of nitrogens with zero attached hydrogens (tertiary/aromatic N) is 1. The maximum atomic E-state index is 13.3. The van der Waals surface area contributed by atoms with Crippen LogP contribution in [0.5, 0.6) is 5.75 Å². The molecule has 1 unspecified atom stereocenters. The molecular formula is C23H22BrNO4. The number of hydrogen-bond donors (Lipinski definition) is 0. The quantitative estimate of drug-likeness (QED) is 0.564. The minimum atomic E-state index is -0.00915. The van der Waals surface area contributed by atoms with E-state index in [1.165, 1.54) is 0 Å². The van der Waals surface area contributed by atoms with Crippen molar-refractivity contribution in [1.29, 1.82) is 0 Å². The summed E-state index contributed by atoms with van der Waals surface area (Å²) in [5, 5.41) is 0.592. The zero-order chi connectivity index (χ0) is 20.0. The van der Waals surface area contributed by atoms with E-state index in [2.05, 4.69) is 20.8 Å². The smallest absolute Gasteiger partial charge is 0.200 e. The van der Waals surface area contributed by atoms with Crippen molar-refractivity contribution in [2.24, 2.45) is 0 Å². The predicted molar refractivity (Wildman–Crippen MR) is 115 cm³/mol. The number of fused-ring (bicyclic) bond motifs is 3. The second-order valence-corrected chi connectivity index (χ2v) is 8.62. The monoisotopic (exact) mass is 455 g/mol. The van der Waals surface area contributed by atoms with Gasteiger partial charge in [0.1, 0.15) is 23.8 Å². The molecule has 5 rings (SSSR count). The highest BCUT2D eigenvalue weighted by atomic mass is 79.9. The molecule has 1 aromatic heterocycles. The molecule has 0 radical (unpaired) electrons. The Kier molecular flexibility index (Phi) is 4.94. The van der Waals surface area contributed by atoms with Crippen LogP contribution >= 0.6 is 15.9 Å². The first kappa shape index (κ1) is 18.9. The lowest BCUT2D eigenvalue weighted by atomic mass is 10.0. The average Bonchev–Trinajstić information content (AvgIpc) is 3.22. The summed E-state index contributed by atoms with van der Waals surface area (Å²) in [6.45, 7) is 4.73. The van der Waals surface area contributed by atoms with Gasteiger partial charge in [0, 0.05) is 24.2 Å². The second-order valence-electron chi connectivity index (χ2n) is 7.71. The largest absolute Gasteiger partial charge is 0.478 e. The van der Waals surface area contributed by atoms with E-state index in [-0.39, 0.29) is 11.5 Å². The van der Waals surface area contributed by atoms with E-state index < -0.39 is 0 Å². The number of benzene rings is 2. The molecule has 0 saturated carbocycles. The molecule has 2 aliphatic rings. The lowest BCUT2D eigenvalue weighted by Crippen LogP contribution is -2.37. The predicted octanol–water partition coefficient (Wildman–Crippen LogP) is 4.86. The summed E-state index contributed by atoms with van der Waals surface area (Å²) in [4.78, 5) is 15.6. The highest BCUT2D eigenvalue weighted by molar-refractivity contribution is 9.10. The minimum Gasteiger partial charge on any atom is -0.478 e. The Morgan fingerprint density at radius 1 is 1.17 bits per heavy atom. The van der Waals surface area contributed by atoms with Crippen molar-refractivity contribution in [3.8, 4) is 16.9 Å². The molecule has 150 valence electrons. The van der Waals surface area contributed by atoms with Gasteiger partial charge in [0.15, 0.2) is 0 Å². The number of hydrogen-bond acceptors (Lipinski definition) is 5. The van der Waals surface area contributed by atoms with Crippen LogP contribution in [0.15, 0.2) is 50.1 Å². The maximum absolute atomic E-state index is 13.3. The molecule has 0 N–H and O–H groups in total. The van der Waals surface area contributed by atoms with Gasteiger partial charge in [-0.1, -0.05) is 28.1 Å². The van der Waals surface area contributed by atoms with Crippen molar-refractivity contribution in [2.45, 2.75) is 32.4 Å². The van der Waals surface area contributed by atoms with Crippen LogP contribution in [0.25, 0.3) is 22.1 Å². The first-order valence-electron chi connectivity index (χ1n) is 9.92. The lowest BCUT2D eigenvalue weighted by Gasteiger charge is -2.30. The molecule has 2 aromatic carbocycles. The average molecular weight is 456 g/mol. The Hall–Kier alpha value is -2.15. The van der Waals surface area contributed by atoms with Gasteiger partial charge in [-0.3, -0.25) is 9.69 Å². The fraction of sp³-hybridized carbons (Fsp3) is 0.348. The van der Waals surface area contributed by atoms with Crippen molar-refractivity contribution in [1.82, 2.24) is 4.90 Å². The van der Waals surface area contributed by atoms with Gasteiger partial charge in [0.25, 0.3) is 0 Å². The topological polar surface area (TPSA) is 51.9 Å². The number of halogens is 1. The maximum Gasteiger partial charge on any atom is 0.200 e. The van der Waals surface area contributed by atoms with Crippen molar-refractivity contribution in [3.05, 3.63) is 62.4 Å². The number of aryl methyl sites for hydroxylation is 1. The standard InChI is InChI=1S/C23H22BrNO4/c1-14-21(15-4-6-16(24)7-5-15)22(26)18-8-9-20-19(23(18)29-14)12-25(13-28-20)11-17-3-2-10-27-17/h4-9,17H,2-3,10-13H2,1H3. The molecule has 1 atom stereocenters. The molecule has 2 aliphatic heterocycles. The molecule has 1 saturated heterocycles. The molecule has 3 aromatic rings. The van der Waals surface area contributed by atoms with E-state index in [9.17, 15) is 4.79 Å². The third kappa shape index (κ3) is 3.50. The van der Waals surface area contributed by atoms with Crippen LogP contribution in [-0.2, 0) is 11.3 Å². The summed E-state index contributed by atoms with van der Waals surface area (Å²) in [7, 11) is 0. The second kappa shape index (κ2) is 7.59. The summed E-state index contributed by atoms with van der Waals surface area (Å²) < 4.78 is 18.9. The molecular weight excluding hydrogens is 434 g/mol. The third-order valence-corrected chi connectivity index (χ3v) is 6.23. The van der Waals surface area contributed by atoms with Crippen LogP contribution in [-0.4, -0.2) is 30.9 Å². The zero-order valence-corrected chi connectivity index (χ0v) is 17.8. The van der Waals surface area contributed by atoms with E-state index in [0.29, 0.717) is 35.6 Å². The van der Waals surface area contributed by atoms with E-state index in [1.807, 2.05) is 43.3 Å². The normalized spacial score (nSPS) is 19.3. The van der Waals surface area contributed by atoms with Gasteiger partial charge in [0.2, 0.25) is 5.43 Å². The van der Waals surface area contributed by atoms with Crippen LogP contribution in [0.3, 0.4) is 0 Å². The van der Waals surface area contributed by atoms with Crippen LogP contribution < -0.4 is 10.2 Å². The lowest BCUT2D eigenvalue weighted by molar-refractivity contribution is 0.0281. The fourth-order valence-electron chi connectivity index (χ4n) is 4.26. The first-order chi connectivity index (χ1) is 14.1. The molecule has 5 nitrogen and oxygen atoms in total. The Morgan fingerprint density at radius 2 is 2.00 bits per heavy atom. The summed E-state index contributed by atoms with van der Waals surface area (Å²) in [5.41, 5.74) is 3.02. The van der Waals surface area contributed by atoms with Crippen LogP contribution in [0.4, 0.5) is 0 Å². The fourth-order valence-corrected chi connectivity index (χ4v) is 4.53. The summed E-state index contributed by atoms with van der Waals surface area (Å²) in [6.07, 6.45) is 2.46. The van der Waals surface area contributed by atoms with Crippen molar-refractivity contribution < 1.29 is 13.9 Å². The zero-order valence-electron chi connectivity index (χ0n) is 16.2. The van der Waals surface area contributed by atoms with Gasteiger partial charge in [-0.2, -0.15) is 0 Å². The third-order valence-electron chi connectivity index (χ3n) is 5.70. The SMILES string of the molecule is Cc1oc2c3c(ccc2c(=O)c1-c1ccc(Br)cc1)OCN(CC1CCCO1)C3. The minimum absolute atomic E-state index is 0.00915. The molecule has 0 aliphatic carbocycles. The highest BCUT2D eigenvalue weighted by Crippen LogP contribution is 2.34. The molecule has 3 heterocycles. The van der Waals surface area contributed by atoms with E-state index in [0.717, 1.165) is 47.3 Å². The molecule has 0 spiro atoms. The van der Waals surface area contributed by atoms with Crippen LogP contribution in [0.2, 0.25) is 0 Å². The number of ether oxygens (including phenoxy) is 2. The Bertz CT molecular complexity index is 1120.